The zero-order chi connectivity index (χ0) is 23.5. The van der Waals surface area contributed by atoms with Gasteiger partial charge in [0.05, 0.1) is 14.2 Å². The first kappa shape index (κ1) is 24.0. The van der Waals surface area contributed by atoms with E-state index in [2.05, 4.69) is 0 Å². The number of nitrogens with zero attached hydrogens (tertiary/aromatic N) is 1. The van der Waals surface area contributed by atoms with Gasteiger partial charge in [0.1, 0.15) is 18.5 Å². The number of ether oxygens (including phenoxy) is 3. The Balaban J connectivity index is 2.25. The number of aliphatic hydroxyl groups excluding tert-OH is 1. The Labute approximate surface area is 192 Å². The second kappa shape index (κ2) is 9.90. The Bertz CT molecular complexity index is 992. The number of carbonyl (C=O) groups is 2. The first-order valence-electron chi connectivity index (χ1n) is 10.3. The molecule has 3 rings (SSSR count). The van der Waals surface area contributed by atoms with Crippen molar-refractivity contribution < 1.29 is 28.9 Å². The number of halogens is 1. The van der Waals surface area contributed by atoms with Crippen molar-refractivity contribution in [3.05, 3.63) is 52.5 Å². The number of methoxy groups -OCH3 is 2. The van der Waals surface area contributed by atoms with Crippen LogP contribution in [-0.2, 0) is 14.3 Å². The number of amides is 1. The van der Waals surface area contributed by atoms with Gasteiger partial charge in [-0.15, -0.1) is 0 Å². The smallest absolute Gasteiger partial charge is 0.256 e. The summed E-state index contributed by atoms with van der Waals surface area (Å²) in [5, 5.41) is 10.3. The molecule has 1 amide bonds. The molecule has 0 bridgehead atoms. The van der Waals surface area contributed by atoms with Gasteiger partial charge in [0, 0.05) is 46.8 Å². The third-order valence-corrected chi connectivity index (χ3v) is 5.68. The first-order valence-corrected chi connectivity index (χ1v) is 10.7. The Morgan fingerprint density at radius 3 is 2.56 bits per heavy atom. The van der Waals surface area contributed by atoms with Crippen LogP contribution < -0.4 is 14.4 Å². The topological polar surface area (TPSA) is 85.3 Å². The van der Waals surface area contributed by atoms with Crippen molar-refractivity contribution in [3.63, 3.8) is 0 Å². The zero-order valence-corrected chi connectivity index (χ0v) is 19.4. The van der Waals surface area contributed by atoms with Gasteiger partial charge in [0.15, 0.2) is 11.5 Å². The van der Waals surface area contributed by atoms with Crippen LogP contribution in [0.5, 0.6) is 11.5 Å². The maximum atomic E-state index is 13.5. The number of hydrogen-bond donors (Lipinski definition) is 1. The predicted molar refractivity (Wildman–Crippen MR) is 122 cm³/mol. The van der Waals surface area contributed by atoms with Crippen molar-refractivity contribution >= 4 is 29.5 Å². The Morgan fingerprint density at radius 1 is 1.19 bits per heavy atom. The fraction of sp³-hybridized carbons (Fsp3) is 0.417. The monoisotopic (exact) mass is 461 g/mol. The Kier molecular flexibility index (Phi) is 7.44. The van der Waals surface area contributed by atoms with Gasteiger partial charge in [-0.25, -0.2) is 0 Å². The molecule has 1 N–H and O–H groups in total. The van der Waals surface area contributed by atoms with Crippen LogP contribution in [0.1, 0.15) is 37.5 Å². The molecule has 0 radical (unpaired) electrons. The summed E-state index contributed by atoms with van der Waals surface area (Å²) in [5.41, 5.74) is 1.32. The van der Waals surface area contributed by atoms with Crippen LogP contribution in [0.3, 0.4) is 0 Å². The summed E-state index contributed by atoms with van der Waals surface area (Å²) in [7, 11) is 3.07. The molecule has 2 aromatic rings. The van der Waals surface area contributed by atoms with E-state index < -0.39 is 17.6 Å². The third-order valence-electron chi connectivity index (χ3n) is 5.45. The second-order valence-corrected chi connectivity index (χ2v) is 8.88. The summed E-state index contributed by atoms with van der Waals surface area (Å²) in [6, 6.07) is 10.6. The molecule has 1 aliphatic rings. The Morgan fingerprint density at radius 2 is 1.94 bits per heavy atom. The molecule has 0 saturated heterocycles. The van der Waals surface area contributed by atoms with Gasteiger partial charge >= 0.3 is 0 Å². The quantitative estimate of drug-likeness (QED) is 0.602. The molecule has 32 heavy (non-hydrogen) atoms. The lowest BCUT2D eigenvalue weighted by atomic mass is 9.92. The maximum Gasteiger partial charge on any atom is 0.256 e. The van der Waals surface area contributed by atoms with Crippen LogP contribution in [0.15, 0.2) is 36.4 Å². The molecule has 7 nitrogen and oxygen atoms in total. The van der Waals surface area contributed by atoms with Gasteiger partial charge in [-0.1, -0.05) is 37.6 Å². The van der Waals surface area contributed by atoms with Gasteiger partial charge in [-0.3, -0.25) is 4.79 Å². The fourth-order valence-corrected chi connectivity index (χ4v) is 3.99. The highest BCUT2D eigenvalue weighted by Crippen LogP contribution is 2.45. The lowest BCUT2D eigenvalue weighted by Gasteiger charge is -2.32. The lowest BCUT2D eigenvalue weighted by Crippen LogP contribution is -2.45. The summed E-state index contributed by atoms with van der Waals surface area (Å²) in [4.78, 5) is 26.5. The predicted octanol–water partition coefficient (Wildman–Crippen LogP) is 3.79. The average Bonchev–Trinajstić information content (AvgIpc) is 2.88. The van der Waals surface area contributed by atoms with E-state index in [-0.39, 0.29) is 25.5 Å². The molecule has 8 heteroatoms. The molecule has 1 heterocycles. The molecule has 0 aromatic heterocycles. The SMILES string of the molecule is COc1cccc([C@H]2O[C@H](CC=O)C(=O)N(CC(C)(C)CO)c3ccc(Cl)cc32)c1OC. The van der Waals surface area contributed by atoms with Crippen LogP contribution in [0.4, 0.5) is 5.69 Å². The molecule has 0 unspecified atom stereocenters. The van der Waals surface area contributed by atoms with Crippen LogP contribution >= 0.6 is 11.6 Å². The van der Waals surface area contributed by atoms with E-state index in [1.807, 2.05) is 19.9 Å². The molecule has 1 aliphatic heterocycles. The fourth-order valence-electron chi connectivity index (χ4n) is 3.81. The number of fused-ring (bicyclic) bond motifs is 1. The maximum absolute atomic E-state index is 13.5. The minimum Gasteiger partial charge on any atom is -0.493 e. The second-order valence-electron chi connectivity index (χ2n) is 8.44. The van der Waals surface area contributed by atoms with Gasteiger partial charge in [0.25, 0.3) is 5.91 Å². The van der Waals surface area contributed by atoms with Crippen LogP contribution in [-0.4, -0.2) is 50.8 Å². The van der Waals surface area contributed by atoms with Crippen molar-refractivity contribution in [2.24, 2.45) is 5.41 Å². The summed E-state index contributed by atoms with van der Waals surface area (Å²) < 4.78 is 17.3. The summed E-state index contributed by atoms with van der Waals surface area (Å²) in [6.45, 7) is 3.83. The third kappa shape index (κ3) is 4.75. The summed E-state index contributed by atoms with van der Waals surface area (Å²) >= 11 is 6.35. The van der Waals surface area contributed by atoms with Gasteiger partial charge in [-0.2, -0.15) is 0 Å². The number of aliphatic hydroxyl groups is 1. The van der Waals surface area contributed by atoms with Crippen molar-refractivity contribution in [1.29, 1.82) is 0 Å². The molecule has 0 aliphatic carbocycles. The lowest BCUT2D eigenvalue weighted by molar-refractivity contribution is -0.134. The number of benzene rings is 2. The van der Waals surface area contributed by atoms with Crippen molar-refractivity contribution in [2.75, 3.05) is 32.3 Å². The van der Waals surface area contributed by atoms with Crippen LogP contribution in [0.25, 0.3) is 0 Å². The number of carbonyl (C=O) groups excluding carboxylic acids is 2. The van der Waals surface area contributed by atoms with E-state index >= 15 is 0 Å². The average molecular weight is 462 g/mol. The number of rotatable bonds is 8. The van der Waals surface area contributed by atoms with E-state index in [0.29, 0.717) is 39.6 Å². The molecule has 2 aromatic carbocycles. The number of para-hydroxylation sites is 1. The molecule has 0 spiro atoms. The Hall–Kier alpha value is -2.61. The molecule has 172 valence electrons. The van der Waals surface area contributed by atoms with Crippen LogP contribution in [0, 0.1) is 5.41 Å². The zero-order valence-electron chi connectivity index (χ0n) is 18.6. The van der Waals surface area contributed by atoms with Gasteiger partial charge < -0.3 is 29.0 Å². The van der Waals surface area contributed by atoms with Crippen molar-refractivity contribution in [1.82, 2.24) is 0 Å². The van der Waals surface area contributed by atoms with Crippen molar-refractivity contribution in [2.45, 2.75) is 32.5 Å². The van der Waals surface area contributed by atoms with Gasteiger partial charge in [-0.05, 0) is 24.3 Å². The highest BCUT2D eigenvalue weighted by atomic mass is 35.5. The largest absolute Gasteiger partial charge is 0.493 e. The van der Waals surface area contributed by atoms with Crippen LogP contribution in [0.2, 0.25) is 5.02 Å². The molecule has 2 atom stereocenters. The standard InChI is InChI=1S/C24H28ClNO6/c1-24(2,14-28)13-26-18-9-8-15(25)12-17(18)21(32-20(10-11-27)23(26)29)16-6-5-7-19(30-3)22(16)31-4/h5-9,11-12,20-21,28H,10,13-14H2,1-4H3/t20-,21-/m1/s1. The number of aldehydes is 1. The first-order chi connectivity index (χ1) is 15.3. The summed E-state index contributed by atoms with van der Waals surface area (Å²) in [5.74, 6) is 0.622. The van der Waals surface area contributed by atoms with E-state index in [1.165, 1.54) is 14.2 Å². The van der Waals surface area contributed by atoms with Crippen molar-refractivity contribution in [3.8, 4) is 11.5 Å². The van der Waals surface area contributed by atoms with E-state index in [0.717, 1.165) is 0 Å². The van der Waals surface area contributed by atoms with Gasteiger partial charge in [0.2, 0.25) is 0 Å². The summed E-state index contributed by atoms with van der Waals surface area (Å²) in [6.07, 6.45) is -1.21. The number of anilines is 1. The molecular formula is C24H28ClNO6. The normalized spacial score (nSPS) is 18.7. The van der Waals surface area contributed by atoms with E-state index in [9.17, 15) is 14.7 Å². The minimum atomic E-state index is -1.02. The highest BCUT2D eigenvalue weighted by molar-refractivity contribution is 6.30. The van der Waals surface area contributed by atoms with E-state index in [1.54, 1.807) is 35.2 Å². The van der Waals surface area contributed by atoms with E-state index in [4.69, 9.17) is 25.8 Å². The number of hydrogen-bond acceptors (Lipinski definition) is 6. The molecular weight excluding hydrogens is 434 g/mol. The highest BCUT2D eigenvalue weighted by Gasteiger charge is 2.39. The molecule has 0 saturated carbocycles. The minimum absolute atomic E-state index is 0.112. The molecule has 0 fully saturated rings.